The number of aromatic nitrogens is 1. The van der Waals surface area contributed by atoms with Crippen molar-refractivity contribution >= 4 is 21.7 Å². The summed E-state index contributed by atoms with van der Waals surface area (Å²) in [6.07, 6.45) is 3.13. The van der Waals surface area contributed by atoms with Crippen LogP contribution < -0.4 is 15.4 Å². The molecular weight excluding hydrogens is 280 g/mol. The maximum Gasteiger partial charge on any atom is 0.252 e. The molecule has 0 unspecified atom stereocenters. The second-order valence-electron chi connectivity index (χ2n) is 4.24. The lowest BCUT2D eigenvalue weighted by Gasteiger charge is -2.06. The average molecular weight is 300 g/mol. The first kappa shape index (κ1) is 16.4. The molecule has 1 heterocycles. The summed E-state index contributed by atoms with van der Waals surface area (Å²) in [5.41, 5.74) is 0.475. The first-order valence-corrected chi connectivity index (χ1v) is 8.24. The number of pyridine rings is 1. The Morgan fingerprint density at radius 1 is 1.30 bits per heavy atom. The summed E-state index contributed by atoms with van der Waals surface area (Å²) in [5.74, 6) is 0.501. The maximum atomic E-state index is 11.8. The van der Waals surface area contributed by atoms with Crippen LogP contribution in [0.2, 0.25) is 0 Å². The molecule has 1 aromatic heterocycles. The maximum absolute atomic E-state index is 11.8. The van der Waals surface area contributed by atoms with Crippen molar-refractivity contribution in [2.75, 3.05) is 31.2 Å². The van der Waals surface area contributed by atoms with Crippen LogP contribution in [0.1, 0.15) is 23.7 Å². The van der Waals surface area contributed by atoms with E-state index in [2.05, 4.69) is 20.3 Å². The van der Waals surface area contributed by atoms with Gasteiger partial charge in [0.25, 0.3) is 5.91 Å². The van der Waals surface area contributed by atoms with Gasteiger partial charge in [-0.05, 0) is 25.5 Å². The van der Waals surface area contributed by atoms with Gasteiger partial charge in [0, 0.05) is 25.8 Å². The average Bonchev–Trinajstić information content (AvgIpc) is 2.38. The molecule has 0 radical (unpaired) electrons. The van der Waals surface area contributed by atoms with Crippen molar-refractivity contribution in [3.05, 3.63) is 23.9 Å². The first-order valence-electron chi connectivity index (χ1n) is 6.35. The van der Waals surface area contributed by atoms with Gasteiger partial charge >= 0.3 is 0 Å². The molecule has 1 aromatic rings. The molecule has 0 fully saturated rings. The number of rotatable bonds is 8. The third-order valence-electron chi connectivity index (χ3n) is 2.39. The Kier molecular flexibility index (Phi) is 6.40. The van der Waals surface area contributed by atoms with Gasteiger partial charge in [0.05, 0.1) is 11.8 Å². The molecule has 3 N–H and O–H groups in total. The predicted molar refractivity (Wildman–Crippen MR) is 78.2 cm³/mol. The van der Waals surface area contributed by atoms with Crippen LogP contribution in [0.3, 0.4) is 0 Å². The predicted octanol–water partition coefficient (Wildman–Crippen LogP) is 0.183. The molecule has 0 atom stereocenters. The summed E-state index contributed by atoms with van der Waals surface area (Å²) in [7, 11) is -3.17. The number of amides is 1. The Morgan fingerprint density at radius 3 is 2.60 bits per heavy atom. The van der Waals surface area contributed by atoms with Gasteiger partial charge in [-0.3, -0.25) is 4.79 Å². The van der Waals surface area contributed by atoms with Gasteiger partial charge in [-0.25, -0.2) is 18.1 Å². The molecule has 112 valence electrons. The molecule has 1 amide bonds. The molecule has 0 bridgehead atoms. The highest BCUT2D eigenvalue weighted by atomic mass is 32.2. The summed E-state index contributed by atoms with van der Waals surface area (Å²) >= 11 is 0. The standard InChI is InChI=1S/C12H20N4O3S/c1-3-13-11-6-5-10(9-15-11)12(17)14-7-4-8-16-20(2,18)19/h5-6,9,16H,3-4,7-8H2,1-2H3,(H,13,15)(H,14,17). The zero-order valence-electron chi connectivity index (χ0n) is 11.6. The number of nitrogens with one attached hydrogen (secondary N) is 3. The van der Waals surface area contributed by atoms with Crippen LogP contribution in [0.25, 0.3) is 0 Å². The Bertz CT molecular complexity index is 528. The topological polar surface area (TPSA) is 100 Å². The van der Waals surface area contributed by atoms with Crippen LogP contribution in [0.4, 0.5) is 5.82 Å². The fourth-order valence-corrected chi connectivity index (χ4v) is 1.98. The summed E-state index contributed by atoms with van der Waals surface area (Å²) in [4.78, 5) is 15.9. The lowest BCUT2D eigenvalue weighted by atomic mass is 10.2. The van der Waals surface area contributed by atoms with Crippen molar-refractivity contribution in [1.29, 1.82) is 0 Å². The zero-order chi connectivity index (χ0) is 15.0. The molecule has 0 aliphatic rings. The summed E-state index contributed by atoms with van der Waals surface area (Å²) < 4.78 is 24.0. The van der Waals surface area contributed by atoms with Crippen molar-refractivity contribution in [3.8, 4) is 0 Å². The van der Waals surface area contributed by atoms with Crippen LogP contribution in [0, 0.1) is 0 Å². The molecule has 0 aromatic carbocycles. The molecule has 0 spiro atoms. The highest BCUT2D eigenvalue weighted by Gasteiger charge is 2.05. The Hall–Kier alpha value is -1.67. The van der Waals surface area contributed by atoms with Gasteiger partial charge in [0.15, 0.2) is 0 Å². The van der Waals surface area contributed by atoms with Gasteiger partial charge < -0.3 is 10.6 Å². The van der Waals surface area contributed by atoms with E-state index in [1.807, 2.05) is 6.92 Å². The van der Waals surface area contributed by atoms with Crippen LogP contribution >= 0.6 is 0 Å². The summed E-state index contributed by atoms with van der Waals surface area (Å²) in [5, 5.41) is 5.74. The molecule has 0 aliphatic carbocycles. The van der Waals surface area contributed by atoms with Crippen LogP contribution in [0.5, 0.6) is 0 Å². The van der Waals surface area contributed by atoms with E-state index in [9.17, 15) is 13.2 Å². The van der Waals surface area contributed by atoms with E-state index in [1.165, 1.54) is 6.20 Å². The number of nitrogens with zero attached hydrogens (tertiary/aromatic N) is 1. The van der Waals surface area contributed by atoms with Crippen LogP contribution in [0.15, 0.2) is 18.3 Å². The molecule has 8 heteroatoms. The smallest absolute Gasteiger partial charge is 0.252 e. The molecule has 20 heavy (non-hydrogen) atoms. The Morgan fingerprint density at radius 2 is 2.05 bits per heavy atom. The lowest BCUT2D eigenvalue weighted by molar-refractivity contribution is 0.0953. The van der Waals surface area contributed by atoms with Crippen molar-refractivity contribution in [1.82, 2.24) is 15.0 Å². The van der Waals surface area contributed by atoms with Crippen LogP contribution in [-0.2, 0) is 10.0 Å². The van der Waals surface area contributed by atoms with E-state index in [1.54, 1.807) is 12.1 Å². The largest absolute Gasteiger partial charge is 0.370 e. The monoisotopic (exact) mass is 300 g/mol. The van der Waals surface area contributed by atoms with E-state index in [-0.39, 0.29) is 5.91 Å². The van der Waals surface area contributed by atoms with Crippen molar-refractivity contribution in [2.24, 2.45) is 0 Å². The zero-order valence-corrected chi connectivity index (χ0v) is 12.5. The molecule has 7 nitrogen and oxygen atoms in total. The molecule has 0 aliphatic heterocycles. The van der Waals surface area contributed by atoms with E-state index in [4.69, 9.17) is 0 Å². The van der Waals surface area contributed by atoms with Gasteiger partial charge in [-0.1, -0.05) is 0 Å². The highest BCUT2D eigenvalue weighted by molar-refractivity contribution is 7.88. The molecular formula is C12H20N4O3S. The fraction of sp³-hybridized carbons (Fsp3) is 0.500. The quantitative estimate of drug-likeness (QED) is 0.595. The van der Waals surface area contributed by atoms with Crippen molar-refractivity contribution < 1.29 is 13.2 Å². The second-order valence-corrected chi connectivity index (χ2v) is 6.07. The molecule has 0 saturated heterocycles. The van der Waals surface area contributed by atoms with E-state index in [0.29, 0.717) is 25.1 Å². The summed E-state index contributed by atoms with van der Waals surface area (Å²) in [6.45, 7) is 3.44. The van der Waals surface area contributed by atoms with E-state index in [0.717, 1.165) is 18.6 Å². The van der Waals surface area contributed by atoms with Gasteiger partial charge in [0.1, 0.15) is 5.82 Å². The summed E-state index contributed by atoms with van der Waals surface area (Å²) in [6, 6.07) is 3.43. The minimum atomic E-state index is -3.17. The highest BCUT2D eigenvalue weighted by Crippen LogP contribution is 2.04. The second kappa shape index (κ2) is 7.81. The number of sulfonamides is 1. The number of carbonyl (C=O) groups excluding carboxylic acids is 1. The lowest BCUT2D eigenvalue weighted by Crippen LogP contribution is -2.29. The molecule has 0 saturated carbocycles. The van der Waals surface area contributed by atoms with Gasteiger partial charge in [-0.2, -0.15) is 0 Å². The minimum absolute atomic E-state index is 0.222. The number of carbonyl (C=O) groups is 1. The van der Waals surface area contributed by atoms with Crippen molar-refractivity contribution in [2.45, 2.75) is 13.3 Å². The van der Waals surface area contributed by atoms with E-state index < -0.39 is 10.0 Å². The first-order chi connectivity index (χ1) is 9.42. The van der Waals surface area contributed by atoms with Crippen molar-refractivity contribution in [3.63, 3.8) is 0 Å². The third-order valence-corrected chi connectivity index (χ3v) is 3.12. The van der Waals surface area contributed by atoms with E-state index >= 15 is 0 Å². The van der Waals surface area contributed by atoms with Crippen LogP contribution in [-0.4, -0.2) is 45.2 Å². The Labute approximate surface area is 119 Å². The number of hydrogen-bond acceptors (Lipinski definition) is 5. The number of anilines is 1. The van der Waals surface area contributed by atoms with Gasteiger partial charge in [0.2, 0.25) is 10.0 Å². The Balaban J connectivity index is 2.32. The third kappa shape index (κ3) is 6.48. The SMILES string of the molecule is CCNc1ccc(C(=O)NCCCNS(C)(=O)=O)cn1. The number of hydrogen-bond donors (Lipinski definition) is 3. The minimum Gasteiger partial charge on any atom is -0.370 e. The van der Waals surface area contributed by atoms with Gasteiger partial charge in [-0.15, -0.1) is 0 Å². The molecule has 1 rings (SSSR count). The fourth-order valence-electron chi connectivity index (χ4n) is 1.46. The normalized spacial score (nSPS) is 11.1.